The van der Waals surface area contributed by atoms with E-state index in [0.717, 1.165) is 18.9 Å². The minimum atomic E-state index is -4.45. The highest BCUT2D eigenvalue weighted by atomic mass is 19.4. The summed E-state index contributed by atoms with van der Waals surface area (Å²) in [5.74, 6) is 0.464. The van der Waals surface area contributed by atoms with Gasteiger partial charge in [0.25, 0.3) is 0 Å². The summed E-state index contributed by atoms with van der Waals surface area (Å²) in [6.07, 6.45) is -2.25. The average molecular weight is 356 g/mol. The van der Waals surface area contributed by atoms with Crippen LogP contribution in [-0.4, -0.2) is 36.2 Å². The topological polar surface area (TPSA) is 41.6 Å². The first kappa shape index (κ1) is 18.0. The lowest BCUT2D eigenvalue weighted by molar-refractivity contribution is -0.138. The van der Waals surface area contributed by atoms with Crippen molar-refractivity contribution in [3.63, 3.8) is 0 Å². The zero-order valence-corrected chi connectivity index (χ0v) is 14.4. The zero-order chi connectivity index (χ0) is 18.2. The molecule has 138 valence electrons. The molecule has 3 rings (SSSR count). The van der Waals surface area contributed by atoms with Crippen molar-refractivity contribution in [1.82, 2.24) is 10.2 Å². The first-order chi connectivity index (χ1) is 11.7. The number of nitrogens with one attached hydrogen (secondary N) is 1. The standard InChI is InChI=1S/C18H23F3N2O2/c1-12(14-5-3-4-6-15(14)18(19,20)21)22-16(24)23-9-10-25-17(2,11-23)13-7-8-13/h3-6,12-13H,7-11H2,1-2H3,(H,22,24). The quantitative estimate of drug-likeness (QED) is 0.890. The molecule has 1 aliphatic carbocycles. The third-order valence-corrected chi connectivity index (χ3v) is 5.10. The summed E-state index contributed by atoms with van der Waals surface area (Å²) in [4.78, 5) is 14.2. The van der Waals surface area contributed by atoms with Crippen LogP contribution in [0.15, 0.2) is 24.3 Å². The fourth-order valence-electron chi connectivity index (χ4n) is 3.49. The minimum absolute atomic E-state index is 0.0709. The molecule has 1 aromatic carbocycles. The summed E-state index contributed by atoms with van der Waals surface area (Å²) >= 11 is 0. The van der Waals surface area contributed by atoms with Crippen LogP contribution in [0, 0.1) is 5.92 Å². The molecule has 1 saturated carbocycles. The van der Waals surface area contributed by atoms with E-state index in [1.54, 1.807) is 17.9 Å². The smallest absolute Gasteiger partial charge is 0.371 e. The number of ether oxygens (including phenoxy) is 1. The van der Waals surface area contributed by atoms with E-state index in [-0.39, 0.29) is 17.2 Å². The number of rotatable bonds is 3. The minimum Gasteiger partial charge on any atom is -0.371 e. The van der Waals surface area contributed by atoms with E-state index in [1.807, 2.05) is 6.92 Å². The largest absolute Gasteiger partial charge is 0.416 e. The lowest BCUT2D eigenvalue weighted by atomic mass is 9.98. The number of hydrogen-bond donors (Lipinski definition) is 1. The van der Waals surface area contributed by atoms with Gasteiger partial charge in [-0.3, -0.25) is 0 Å². The normalized spacial score (nSPS) is 25.6. The SMILES string of the molecule is CC(NC(=O)N1CCOC(C)(C2CC2)C1)c1ccccc1C(F)(F)F. The van der Waals surface area contributed by atoms with Gasteiger partial charge in [0.05, 0.1) is 30.4 Å². The number of amides is 2. The van der Waals surface area contributed by atoms with Crippen LogP contribution in [0.25, 0.3) is 0 Å². The van der Waals surface area contributed by atoms with Gasteiger partial charge >= 0.3 is 12.2 Å². The highest BCUT2D eigenvalue weighted by Gasteiger charge is 2.46. The summed E-state index contributed by atoms with van der Waals surface area (Å²) in [7, 11) is 0. The van der Waals surface area contributed by atoms with E-state index in [1.165, 1.54) is 12.1 Å². The van der Waals surface area contributed by atoms with Gasteiger partial charge in [-0.25, -0.2) is 4.79 Å². The number of benzene rings is 1. The van der Waals surface area contributed by atoms with Gasteiger partial charge in [0, 0.05) is 6.54 Å². The molecule has 2 unspecified atom stereocenters. The molecular formula is C18H23F3N2O2. The molecule has 0 spiro atoms. The molecule has 7 heteroatoms. The second-order valence-electron chi connectivity index (χ2n) is 7.11. The summed E-state index contributed by atoms with van der Waals surface area (Å²) in [5, 5.41) is 2.71. The Morgan fingerprint density at radius 2 is 2.04 bits per heavy atom. The van der Waals surface area contributed by atoms with Gasteiger partial charge in [-0.2, -0.15) is 13.2 Å². The van der Waals surface area contributed by atoms with E-state index in [4.69, 9.17) is 4.74 Å². The van der Waals surface area contributed by atoms with Crippen LogP contribution in [0.2, 0.25) is 0 Å². The van der Waals surface area contributed by atoms with E-state index >= 15 is 0 Å². The van der Waals surface area contributed by atoms with Gasteiger partial charge in [-0.1, -0.05) is 18.2 Å². The van der Waals surface area contributed by atoms with Gasteiger partial charge in [-0.15, -0.1) is 0 Å². The molecule has 2 amide bonds. The number of hydrogen-bond acceptors (Lipinski definition) is 2. The maximum atomic E-state index is 13.2. The molecule has 2 atom stereocenters. The second kappa shape index (κ2) is 6.52. The molecule has 1 N–H and O–H groups in total. The van der Waals surface area contributed by atoms with Crippen molar-refractivity contribution < 1.29 is 22.7 Å². The molecular weight excluding hydrogens is 333 g/mol. The lowest BCUT2D eigenvalue weighted by Crippen LogP contribution is -2.55. The maximum absolute atomic E-state index is 13.2. The maximum Gasteiger partial charge on any atom is 0.416 e. The molecule has 0 aromatic heterocycles. The van der Waals surface area contributed by atoms with Crippen molar-refractivity contribution in [2.45, 2.75) is 44.5 Å². The predicted molar refractivity (Wildman–Crippen MR) is 87.0 cm³/mol. The molecule has 1 saturated heterocycles. The van der Waals surface area contributed by atoms with Crippen molar-refractivity contribution in [2.75, 3.05) is 19.7 Å². The number of nitrogens with zero attached hydrogens (tertiary/aromatic N) is 1. The Balaban J connectivity index is 1.69. The fourth-order valence-corrected chi connectivity index (χ4v) is 3.49. The number of halogens is 3. The number of urea groups is 1. The van der Waals surface area contributed by atoms with Crippen LogP contribution in [-0.2, 0) is 10.9 Å². The van der Waals surface area contributed by atoms with E-state index in [2.05, 4.69) is 5.32 Å². The third kappa shape index (κ3) is 3.92. The monoisotopic (exact) mass is 356 g/mol. The Morgan fingerprint density at radius 3 is 2.68 bits per heavy atom. The Hall–Kier alpha value is -1.76. The van der Waals surface area contributed by atoms with E-state index in [9.17, 15) is 18.0 Å². The van der Waals surface area contributed by atoms with Crippen LogP contribution in [0.5, 0.6) is 0 Å². The summed E-state index contributed by atoms with van der Waals surface area (Å²) in [6.45, 7) is 4.95. The van der Waals surface area contributed by atoms with Crippen molar-refractivity contribution >= 4 is 6.03 Å². The van der Waals surface area contributed by atoms with Crippen molar-refractivity contribution in [1.29, 1.82) is 0 Å². The molecule has 1 aliphatic heterocycles. The van der Waals surface area contributed by atoms with Gasteiger partial charge in [-0.05, 0) is 44.2 Å². The van der Waals surface area contributed by atoms with Crippen molar-refractivity contribution in [3.05, 3.63) is 35.4 Å². The van der Waals surface area contributed by atoms with Crippen LogP contribution in [0.4, 0.5) is 18.0 Å². The Morgan fingerprint density at radius 1 is 1.36 bits per heavy atom. The first-order valence-corrected chi connectivity index (χ1v) is 8.56. The van der Waals surface area contributed by atoms with Crippen molar-refractivity contribution in [3.8, 4) is 0 Å². The Bertz CT molecular complexity index is 645. The molecule has 2 aliphatic rings. The number of alkyl halides is 3. The zero-order valence-electron chi connectivity index (χ0n) is 14.4. The van der Waals surface area contributed by atoms with E-state index < -0.39 is 17.8 Å². The molecule has 1 heterocycles. The first-order valence-electron chi connectivity index (χ1n) is 8.56. The average Bonchev–Trinajstić information content (AvgIpc) is 3.39. The van der Waals surface area contributed by atoms with Gasteiger partial charge in [0.15, 0.2) is 0 Å². The second-order valence-corrected chi connectivity index (χ2v) is 7.11. The number of carbonyl (C=O) groups is 1. The molecule has 4 nitrogen and oxygen atoms in total. The molecule has 25 heavy (non-hydrogen) atoms. The summed E-state index contributed by atoms with van der Waals surface area (Å²) in [5.41, 5.74) is -0.989. The van der Waals surface area contributed by atoms with Gasteiger partial charge in [0.1, 0.15) is 0 Å². The Kier molecular flexibility index (Phi) is 4.70. The van der Waals surface area contributed by atoms with Crippen LogP contribution >= 0.6 is 0 Å². The highest BCUT2D eigenvalue weighted by Crippen LogP contribution is 2.43. The highest BCUT2D eigenvalue weighted by molar-refractivity contribution is 5.75. The molecule has 0 bridgehead atoms. The van der Waals surface area contributed by atoms with Gasteiger partial charge < -0.3 is 15.0 Å². The molecule has 1 aromatic rings. The number of morpholine rings is 1. The van der Waals surface area contributed by atoms with Crippen molar-refractivity contribution in [2.24, 2.45) is 5.92 Å². The van der Waals surface area contributed by atoms with Gasteiger partial charge in [0.2, 0.25) is 0 Å². The fraction of sp³-hybridized carbons (Fsp3) is 0.611. The van der Waals surface area contributed by atoms with Crippen LogP contribution in [0.3, 0.4) is 0 Å². The molecule has 0 radical (unpaired) electrons. The third-order valence-electron chi connectivity index (χ3n) is 5.10. The lowest BCUT2D eigenvalue weighted by Gasteiger charge is -2.41. The number of carbonyl (C=O) groups excluding carboxylic acids is 1. The predicted octanol–water partition coefficient (Wildman–Crippen LogP) is 3.98. The summed E-state index contributed by atoms with van der Waals surface area (Å²) in [6, 6.07) is 4.26. The van der Waals surface area contributed by atoms with Crippen LogP contribution < -0.4 is 5.32 Å². The molecule has 2 fully saturated rings. The summed E-state index contributed by atoms with van der Waals surface area (Å²) < 4.78 is 45.3. The van der Waals surface area contributed by atoms with E-state index in [0.29, 0.717) is 25.6 Å². The van der Waals surface area contributed by atoms with Crippen LogP contribution in [0.1, 0.15) is 43.9 Å². The Labute approximate surface area is 145 Å².